The Morgan fingerprint density at radius 3 is 2.56 bits per heavy atom. The second-order valence-electron chi connectivity index (χ2n) is 4.40. The Hall–Kier alpha value is -1.23. The van der Waals surface area contributed by atoms with Gasteiger partial charge in [0, 0.05) is 5.56 Å². The van der Waals surface area contributed by atoms with E-state index in [1.165, 1.54) is 18.9 Å². The quantitative estimate of drug-likeness (QED) is 0.854. The number of halogens is 1. The lowest BCUT2D eigenvalue weighted by Gasteiger charge is -2.38. The largest absolute Gasteiger partial charge is 0.495 e. The van der Waals surface area contributed by atoms with Crippen LogP contribution >= 0.6 is 11.8 Å². The Balaban J connectivity index is 2.55. The standard InChI is InChI=1S/C13H15FO3S/c1-17-9-5-4-8(10(14)11(9)18-2)13(12(15)16)6-3-7-13/h4-5H,3,6-7H2,1-2H3,(H,15,16). The van der Waals surface area contributed by atoms with Gasteiger partial charge in [0.15, 0.2) is 0 Å². The highest BCUT2D eigenvalue weighted by Gasteiger charge is 2.48. The summed E-state index contributed by atoms with van der Waals surface area (Å²) in [7, 11) is 1.48. The first-order chi connectivity index (χ1) is 8.56. The maximum absolute atomic E-state index is 14.4. The Morgan fingerprint density at radius 1 is 1.50 bits per heavy atom. The second kappa shape index (κ2) is 4.80. The van der Waals surface area contributed by atoms with Crippen LogP contribution in [-0.4, -0.2) is 24.4 Å². The van der Waals surface area contributed by atoms with E-state index in [4.69, 9.17) is 4.74 Å². The number of aliphatic carboxylic acids is 1. The third-order valence-electron chi connectivity index (χ3n) is 3.62. The summed E-state index contributed by atoms with van der Waals surface area (Å²) in [6.07, 6.45) is 3.57. The van der Waals surface area contributed by atoms with Crippen molar-refractivity contribution in [2.45, 2.75) is 29.6 Å². The van der Waals surface area contributed by atoms with E-state index in [1.54, 1.807) is 18.4 Å². The van der Waals surface area contributed by atoms with Crippen LogP contribution in [0.3, 0.4) is 0 Å². The zero-order chi connectivity index (χ0) is 13.3. The third kappa shape index (κ3) is 1.77. The predicted octanol–water partition coefficient (Wildman–Crippen LogP) is 3.06. The first-order valence-corrected chi connectivity index (χ1v) is 6.93. The number of methoxy groups -OCH3 is 1. The molecule has 1 N–H and O–H groups in total. The van der Waals surface area contributed by atoms with Crippen molar-refractivity contribution in [3.63, 3.8) is 0 Å². The molecule has 0 atom stereocenters. The van der Waals surface area contributed by atoms with E-state index in [0.717, 1.165) is 6.42 Å². The van der Waals surface area contributed by atoms with Gasteiger partial charge in [0.2, 0.25) is 0 Å². The molecule has 0 heterocycles. The topological polar surface area (TPSA) is 46.5 Å². The van der Waals surface area contributed by atoms with Crippen LogP contribution in [0.2, 0.25) is 0 Å². The lowest BCUT2D eigenvalue weighted by atomic mass is 9.64. The monoisotopic (exact) mass is 270 g/mol. The molecule has 98 valence electrons. The molecule has 18 heavy (non-hydrogen) atoms. The third-order valence-corrected chi connectivity index (χ3v) is 4.41. The van der Waals surface area contributed by atoms with Crippen molar-refractivity contribution >= 4 is 17.7 Å². The molecule has 0 radical (unpaired) electrons. The molecule has 0 bridgehead atoms. The lowest BCUT2D eigenvalue weighted by Crippen LogP contribution is -2.43. The van der Waals surface area contributed by atoms with Crippen LogP contribution in [0, 0.1) is 5.82 Å². The maximum Gasteiger partial charge on any atom is 0.314 e. The van der Waals surface area contributed by atoms with Gasteiger partial charge in [-0.2, -0.15) is 0 Å². The molecule has 0 aromatic heterocycles. The second-order valence-corrected chi connectivity index (χ2v) is 5.22. The molecule has 5 heteroatoms. The average molecular weight is 270 g/mol. The molecule has 1 aliphatic carbocycles. The van der Waals surface area contributed by atoms with Gasteiger partial charge in [-0.05, 0) is 25.2 Å². The van der Waals surface area contributed by atoms with Crippen LogP contribution in [0.25, 0.3) is 0 Å². The molecule has 1 aromatic rings. The summed E-state index contributed by atoms with van der Waals surface area (Å²) in [6.45, 7) is 0. The van der Waals surface area contributed by atoms with Crippen molar-refractivity contribution < 1.29 is 19.0 Å². The van der Waals surface area contributed by atoms with E-state index in [-0.39, 0.29) is 5.56 Å². The molecular weight excluding hydrogens is 255 g/mol. The number of benzene rings is 1. The molecule has 3 nitrogen and oxygen atoms in total. The van der Waals surface area contributed by atoms with Crippen LogP contribution in [0.15, 0.2) is 17.0 Å². The van der Waals surface area contributed by atoms with E-state index in [0.29, 0.717) is 23.5 Å². The summed E-state index contributed by atoms with van der Waals surface area (Å²) in [5, 5.41) is 9.35. The smallest absolute Gasteiger partial charge is 0.314 e. The Bertz CT molecular complexity index is 483. The van der Waals surface area contributed by atoms with Crippen molar-refractivity contribution in [3.05, 3.63) is 23.5 Å². The Labute approximate surface area is 109 Å². The fraction of sp³-hybridized carbons (Fsp3) is 0.462. The highest BCUT2D eigenvalue weighted by atomic mass is 32.2. The molecule has 0 aliphatic heterocycles. The fourth-order valence-corrected chi connectivity index (χ4v) is 3.03. The van der Waals surface area contributed by atoms with Crippen LogP contribution in [0.4, 0.5) is 4.39 Å². The minimum Gasteiger partial charge on any atom is -0.495 e. The zero-order valence-electron chi connectivity index (χ0n) is 10.3. The van der Waals surface area contributed by atoms with Crippen molar-refractivity contribution in [2.75, 3.05) is 13.4 Å². The van der Waals surface area contributed by atoms with Gasteiger partial charge >= 0.3 is 5.97 Å². The summed E-state index contributed by atoms with van der Waals surface area (Å²) < 4.78 is 19.5. The number of hydrogen-bond donors (Lipinski definition) is 1. The molecule has 1 aliphatic rings. The van der Waals surface area contributed by atoms with Gasteiger partial charge in [-0.3, -0.25) is 4.79 Å². The van der Waals surface area contributed by atoms with E-state index in [1.807, 2.05) is 0 Å². The summed E-state index contributed by atoms with van der Waals surface area (Å²) in [4.78, 5) is 11.8. The van der Waals surface area contributed by atoms with Crippen LogP contribution in [0.1, 0.15) is 24.8 Å². The summed E-state index contributed by atoms with van der Waals surface area (Å²) >= 11 is 1.23. The van der Waals surface area contributed by atoms with Crippen molar-refractivity contribution in [3.8, 4) is 5.75 Å². The highest BCUT2D eigenvalue weighted by Crippen LogP contribution is 2.47. The molecule has 0 unspecified atom stereocenters. The molecule has 2 rings (SSSR count). The maximum atomic E-state index is 14.4. The summed E-state index contributed by atoms with van der Waals surface area (Å²) in [5.74, 6) is -0.947. The molecule has 0 saturated heterocycles. The minimum atomic E-state index is -1.04. The summed E-state index contributed by atoms with van der Waals surface area (Å²) in [6, 6.07) is 3.19. The van der Waals surface area contributed by atoms with Gasteiger partial charge in [0.25, 0.3) is 0 Å². The SMILES string of the molecule is COc1ccc(C2(C(=O)O)CCC2)c(F)c1SC. The van der Waals surface area contributed by atoms with E-state index >= 15 is 0 Å². The molecule has 1 saturated carbocycles. The van der Waals surface area contributed by atoms with Gasteiger partial charge in [0.1, 0.15) is 11.6 Å². The number of hydrogen-bond acceptors (Lipinski definition) is 3. The molecule has 1 aromatic carbocycles. The van der Waals surface area contributed by atoms with Crippen molar-refractivity contribution in [1.29, 1.82) is 0 Å². The average Bonchev–Trinajstić information content (AvgIpc) is 2.28. The van der Waals surface area contributed by atoms with Gasteiger partial charge in [-0.1, -0.05) is 12.5 Å². The number of ether oxygens (including phenoxy) is 1. The van der Waals surface area contributed by atoms with Gasteiger partial charge in [-0.25, -0.2) is 4.39 Å². The lowest BCUT2D eigenvalue weighted by molar-refractivity contribution is -0.147. The molecule has 0 amide bonds. The Morgan fingerprint density at radius 2 is 2.17 bits per heavy atom. The van der Waals surface area contributed by atoms with Crippen LogP contribution in [-0.2, 0) is 10.2 Å². The first kappa shape index (κ1) is 13.2. The van der Waals surface area contributed by atoms with E-state index < -0.39 is 17.2 Å². The van der Waals surface area contributed by atoms with Crippen molar-refractivity contribution in [1.82, 2.24) is 0 Å². The first-order valence-electron chi connectivity index (χ1n) is 5.71. The van der Waals surface area contributed by atoms with Crippen LogP contribution < -0.4 is 4.74 Å². The van der Waals surface area contributed by atoms with Gasteiger partial charge in [-0.15, -0.1) is 11.8 Å². The fourth-order valence-electron chi connectivity index (χ4n) is 2.39. The number of carboxylic acids is 1. The van der Waals surface area contributed by atoms with E-state index in [2.05, 4.69) is 0 Å². The Kier molecular flexibility index (Phi) is 3.52. The number of carboxylic acid groups (broad SMARTS) is 1. The highest BCUT2D eigenvalue weighted by molar-refractivity contribution is 7.98. The molecule has 0 spiro atoms. The van der Waals surface area contributed by atoms with Crippen molar-refractivity contribution in [2.24, 2.45) is 0 Å². The molecular formula is C13H15FO3S. The van der Waals surface area contributed by atoms with Gasteiger partial charge in [0.05, 0.1) is 17.4 Å². The number of rotatable bonds is 4. The zero-order valence-corrected chi connectivity index (χ0v) is 11.1. The normalized spacial score (nSPS) is 17.1. The number of carbonyl (C=O) groups is 1. The van der Waals surface area contributed by atoms with Crippen LogP contribution in [0.5, 0.6) is 5.75 Å². The predicted molar refractivity (Wildman–Crippen MR) is 67.9 cm³/mol. The van der Waals surface area contributed by atoms with E-state index in [9.17, 15) is 14.3 Å². The van der Waals surface area contributed by atoms with Gasteiger partial charge < -0.3 is 9.84 Å². The number of thioether (sulfide) groups is 1. The summed E-state index contributed by atoms with van der Waals surface area (Å²) in [5.41, 5.74) is -0.757. The molecule has 1 fully saturated rings. The minimum absolute atomic E-state index is 0.284.